The summed E-state index contributed by atoms with van der Waals surface area (Å²) in [6, 6.07) is 0.651. The fourth-order valence-corrected chi connectivity index (χ4v) is 2.95. The first-order valence-electron chi connectivity index (χ1n) is 6.68. The van der Waals surface area contributed by atoms with Crippen LogP contribution in [-0.4, -0.2) is 47.6 Å². The number of nitrogens with zero attached hydrogens (tertiary/aromatic N) is 1. The van der Waals surface area contributed by atoms with Crippen LogP contribution < -0.4 is 5.32 Å². The van der Waals surface area contributed by atoms with Gasteiger partial charge in [0, 0.05) is 24.7 Å². The lowest BCUT2D eigenvalue weighted by Crippen LogP contribution is -2.62. The van der Waals surface area contributed by atoms with E-state index in [2.05, 4.69) is 49.7 Å². The number of rotatable bonds is 6. The van der Waals surface area contributed by atoms with Gasteiger partial charge in [-0.3, -0.25) is 4.90 Å². The molecule has 2 atom stereocenters. The van der Waals surface area contributed by atoms with Gasteiger partial charge >= 0.3 is 0 Å². The van der Waals surface area contributed by atoms with Crippen LogP contribution in [-0.2, 0) is 0 Å². The van der Waals surface area contributed by atoms with Gasteiger partial charge in [0.1, 0.15) is 0 Å². The predicted molar refractivity (Wildman–Crippen MR) is 75.3 cm³/mol. The molecule has 0 amide bonds. The lowest BCUT2D eigenvalue weighted by molar-refractivity contribution is 0.0532. The Labute approximate surface area is 106 Å². The van der Waals surface area contributed by atoms with Crippen LogP contribution in [0, 0.1) is 0 Å². The average Bonchev–Trinajstić information content (AvgIpc) is 2.29. The molecule has 0 bridgehead atoms. The van der Waals surface area contributed by atoms with Gasteiger partial charge in [-0.2, -0.15) is 11.8 Å². The molecule has 1 aliphatic heterocycles. The number of hydrogen-bond donors (Lipinski definition) is 1. The Kier molecular flexibility index (Phi) is 6.16. The lowest BCUT2D eigenvalue weighted by Gasteiger charge is -2.47. The van der Waals surface area contributed by atoms with Crippen molar-refractivity contribution in [1.29, 1.82) is 0 Å². The zero-order chi connectivity index (χ0) is 12.0. The fraction of sp³-hybridized carbons (Fsp3) is 1.00. The van der Waals surface area contributed by atoms with E-state index in [4.69, 9.17) is 0 Å². The molecule has 0 aromatic carbocycles. The summed E-state index contributed by atoms with van der Waals surface area (Å²) in [5, 5.41) is 3.61. The standard InChI is InChI=1S/C13H28N2S/c1-5-13(4)11-14-12(3)10-15(13)8-7-9-16-6-2/h12,14H,5-11H2,1-4H3. The minimum absolute atomic E-state index is 0.378. The van der Waals surface area contributed by atoms with Crippen molar-refractivity contribution in [3.63, 3.8) is 0 Å². The van der Waals surface area contributed by atoms with Crippen molar-refractivity contribution in [3.8, 4) is 0 Å². The van der Waals surface area contributed by atoms with E-state index in [1.54, 1.807) is 0 Å². The van der Waals surface area contributed by atoms with E-state index in [1.165, 1.54) is 37.4 Å². The zero-order valence-corrected chi connectivity index (χ0v) is 12.2. The quantitative estimate of drug-likeness (QED) is 0.723. The summed E-state index contributed by atoms with van der Waals surface area (Å²) in [5.74, 6) is 2.57. The van der Waals surface area contributed by atoms with E-state index in [-0.39, 0.29) is 0 Å². The zero-order valence-electron chi connectivity index (χ0n) is 11.4. The molecule has 1 rings (SSSR count). The van der Waals surface area contributed by atoms with Crippen molar-refractivity contribution in [2.45, 2.75) is 52.1 Å². The molecule has 1 N–H and O–H groups in total. The third kappa shape index (κ3) is 3.94. The van der Waals surface area contributed by atoms with Gasteiger partial charge in [-0.05, 0) is 44.7 Å². The summed E-state index contributed by atoms with van der Waals surface area (Å²) in [6.07, 6.45) is 2.58. The topological polar surface area (TPSA) is 15.3 Å². The van der Waals surface area contributed by atoms with Gasteiger partial charge in [-0.25, -0.2) is 0 Å². The Bertz CT molecular complexity index is 198. The maximum absolute atomic E-state index is 3.61. The van der Waals surface area contributed by atoms with Crippen LogP contribution in [0.4, 0.5) is 0 Å². The highest BCUT2D eigenvalue weighted by atomic mass is 32.2. The van der Waals surface area contributed by atoms with E-state index in [9.17, 15) is 0 Å². The molecule has 0 spiro atoms. The SMILES string of the molecule is CCSCCCN1CC(C)NCC1(C)CC. The molecule has 1 saturated heterocycles. The largest absolute Gasteiger partial charge is 0.311 e. The van der Waals surface area contributed by atoms with E-state index < -0.39 is 0 Å². The van der Waals surface area contributed by atoms with Gasteiger partial charge in [0.05, 0.1) is 0 Å². The third-order valence-corrected chi connectivity index (χ3v) is 4.76. The van der Waals surface area contributed by atoms with Crippen LogP contribution in [0.3, 0.4) is 0 Å². The summed E-state index contributed by atoms with van der Waals surface area (Å²) in [5.41, 5.74) is 0.378. The highest BCUT2D eigenvalue weighted by Crippen LogP contribution is 2.23. The van der Waals surface area contributed by atoms with Gasteiger partial charge in [-0.1, -0.05) is 13.8 Å². The molecular weight excluding hydrogens is 216 g/mol. The van der Waals surface area contributed by atoms with Crippen LogP contribution in [0.25, 0.3) is 0 Å². The van der Waals surface area contributed by atoms with Crippen LogP contribution in [0.1, 0.15) is 40.5 Å². The highest BCUT2D eigenvalue weighted by Gasteiger charge is 2.34. The Morgan fingerprint density at radius 2 is 2.19 bits per heavy atom. The van der Waals surface area contributed by atoms with Crippen molar-refractivity contribution in [3.05, 3.63) is 0 Å². The Hall–Kier alpha value is 0.270. The monoisotopic (exact) mass is 244 g/mol. The van der Waals surface area contributed by atoms with Crippen molar-refractivity contribution in [2.75, 3.05) is 31.1 Å². The van der Waals surface area contributed by atoms with E-state index >= 15 is 0 Å². The second kappa shape index (κ2) is 6.87. The summed E-state index contributed by atoms with van der Waals surface area (Å²) in [4.78, 5) is 2.70. The Balaban J connectivity index is 2.39. The van der Waals surface area contributed by atoms with Crippen LogP contribution >= 0.6 is 11.8 Å². The molecule has 2 nitrogen and oxygen atoms in total. The molecule has 0 aliphatic carbocycles. The molecule has 96 valence electrons. The molecule has 0 radical (unpaired) electrons. The van der Waals surface area contributed by atoms with E-state index in [0.29, 0.717) is 11.6 Å². The predicted octanol–water partition coefficient (Wildman–Crippen LogP) is 2.59. The average molecular weight is 244 g/mol. The number of piperazine rings is 1. The molecule has 1 heterocycles. The normalized spacial score (nSPS) is 31.9. The minimum atomic E-state index is 0.378. The Morgan fingerprint density at radius 1 is 1.44 bits per heavy atom. The second-order valence-electron chi connectivity index (χ2n) is 5.13. The molecule has 0 aromatic heterocycles. The summed E-state index contributed by atoms with van der Waals surface area (Å²) in [6.45, 7) is 12.9. The van der Waals surface area contributed by atoms with Crippen LogP contribution in [0.5, 0.6) is 0 Å². The summed E-state index contributed by atoms with van der Waals surface area (Å²) >= 11 is 2.06. The molecule has 3 heteroatoms. The van der Waals surface area contributed by atoms with Gasteiger partial charge in [-0.15, -0.1) is 0 Å². The van der Waals surface area contributed by atoms with Crippen LogP contribution in [0.15, 0.2) is 0 Å². The van der Waals surface area contributed by atoms with Gasteiger partial charge in [0.25, 0.3) is 0 Å². The minimum Gasteiger partial charge on any atom is -0.311 e. The number of hydrogen-bond acceptors (Lipinski definition) is 3. The Morgan fingerprint density at radius 3 is 2.81 bits per heavy atom. The van der Waals surface area contributed by atoms with Crippen LogP contribution in [0.2, 0.25) is 0 Å². The van der Waals surface area contributed by atoms with Gasteiger partial charge in [0.15, 0.2) is 0 Å². The van der Waals surface area contributed by atoms with Crippen molar-refractivity contribution >= 4 is 11.8 Å². The van der Waals surface area contributed by atoms with Gasteiger partial charge in [0.2, 0.25) is 0 Å². The molecule has 1 fully saturated rings. The van der Waals surface area contributed by atoms with Crippen molar-refractivity contribution < 1.29 is 0 Å². The molecule has 1 aliphatic rings. The van der Waals surface area contributed by atoms with E-state index in [0.717, 1.165) is 6.54 Å². The molecular formula is C13H28N2S. The van der Waals surface area contributed by atoms with Crippen molar-refractivity contribution in [2.24, 2.45) is 0 Å². The maximum Gasteiger partial charge on any atom is 0.0303 e. The molecule has 0 saturated carbocycles. The van der Waals surface area contributed by atoms with E-state index in [1.807, 2.05) is 0 Å². The highest BCUT2D eigenvalue weighted by molar-refractivity contribution is 7.99. The van der Waals surface area contributed by atoms with Crippen molar-refractivity contribution in [1.82, 2.24) is 10.2 Å². The first kappa shape index (κ1) is 14.3. The number of nitrogens with one attached hydrogen (secondary N) is 1. The number of thioether (sulfide) groups is 1. The second-order valence-corrected chi connectivity index (χ2v) is 6.52. The molecule has 2 unspecified atom stereocenters. The smallest absolute Gasteiger partial charge is 0.0303 e. The first-order valence-corrected chi connectivity index (χ1v) is 7.84. The maximum atomic E-state index is 3.61. The first-order chi connectivity index (χ1) is 7.62. The fourth-order valence-electron chi connectivity index (χ4n) is 2.33. The third-order valence-electron chi connectivity index (χ3n) is 3.77. The summed E-state index contributed by atoms with van der Waals surface area (Å²) in [7, 11) is 0. The molecule has 16 heavy (non-hydrogen) atoms. The van der Waals surface area contributed by atoms with Gasteiger partial charge < -0.3 is 5.32 Å². The summed E-state index contributed by atoms with van der Waals surface area (Å²) < 4.78 is 0. The molecule has 0 aromatic rings. The lowest BCUT2D eigenvalue weighted by atomic mass is 9.92.